The summed E-state index contributed by atoms with van der Waals surface area (Å²) in [6, 6.07) is 1.94. The fourth-order valence-corrected chi connectivity index (χ4v) is 0.978. The standard InChI is InChI=1S/C11H16N4/c1-8(2)9(3)5-14-11-7-13-10(4-12)6-15-11/h6-9H,5H2,1-3H3,(H,14,15). The van der Waals surface area contributed by atoms with Gasteiger partial charge in [-0.2, -0.15) is 5.26 Å². The molecule has 1 rings (SSSR count). The van der Waals surface area contributed by atoms with Crippen LogP contribution in [0.3, 0.4) is 0 Å². The molecule has 15 heavy (non-hydrogen) atoms. The third-order valence-corrected chi connectivity index (χ3v) is 2.51. The zero-order valence-electron chi connectivity index (χ0n) is 9.36. The van der Waals surface area contributed by atoms with E-state index in [4.69, 9.17) is 5.26 Å². The van der Waals surface area contributed by atoms with E-state index in [1.165, 1.54) is 6.20 Å². The van der Waals surface area contributed by atoms with Crippen LogP contribution in [0, 0.1) is 23.2 Å². The summed E-state index contributed by atoms with van der Waals surface area (Å²) in [5.74, 6) is 1.95. The number of nitrogens with one attached hydrogen (secondary N) is 1. The molecule has 0 saturated carbocycles. The number of nitrogens with zero attached hydrogens (tertiary/aromatic N) is 3. The van der Waals surface area contributed by atoms with Crippen molar-refractivity contribution in [1.82, 2.24) is 9.97 Å². The summed E-state index contributed by atoms with van der Waals surface area (Å²) in [5.41, 5.74) is 0.345. The highest BCUT2D eigenvalue weighted by Gasteiger charge is 2.06. The quantitative estimate of drug-likeness (QED) is 0.815. The number of anilines is 1. The summed E-state index contributed by atoms with van der Waals surface area (Å²) in [5, 5.41) is 11.7. The van der Waals surface area contributed by atoms with E-state index in [0.29, 0.717) is 17.5 Å². The molecular weight excluding hydrogens is 188 g/mol. The molecule has 0 spiro atoms. The van der Waals surface area contributed by atoms with Crippen molar-refractivity contribution in [2.24, 2.45) is 11.8 Å². The molecule has 1 unspecified atom stereocenters. The molecule has 1 atom stereocenters. The Bertz CT molecular complexity index is 337. The smallest absolute Gasteiger partial charge is 0.158 e. The second-order valence-electron chi connectivity index (χ2n) is 4.00. The van der Waals surface area contributed by atoms with Gasteiger partial charge in [0.05, 0.1) is 12.4 Å². The minimum absolute atomic E-state index is 0.345. The molecule has 80 valence electrons. The van der Waals surface area contributed by atoms with Crippen molar-refractivity contribution in [2.75, 3.05) is 11.9 Å². The highest BCUT2D eigenvalue weighted by Crippen LogP contribution is 2.10. The minimum atomic E-state index is 0.345. The predicted octanol–water partition coefficient (Wildman–Crippen LogP) is 2.05. The number of nitriles is 1. The summed E-state index contributed by atoms with van der Waals surface area (Å²) >= 11 is 0. The van der Waals surface area contributed by atoms with Gasteiger partial charge in [0.2, 0.25) is 0 Å². The lowest BCUT2D eigenvalue weighted by atomic mass is 9.98. The molecule has 4 nitrogen and oxygen atoms in total. The van der Waals surface area contributed by atoms with Crippen molar-refractivity contribution < 1.29 is 0 Å². The Labute approximate surface area is 90.4 Å². The summed E-state index contributed by atoms with van der Waals surface area (Å²) in [4.78, 5) is 8.02. The Balaban J connectivity index is 2.48. The molecule has 1 aromatic rings. The van der Waals surface area contributed by atoms with Gasteiger partial charge in [0, 0.05) is 6.54 Å². The van der Waals surface area contributed by atoms with Crippen molar-refractivity contribution in [1.29, 1.82) is 5.26 Å². The van der Waals surface area contributed by atoms with Gasteiger partial charge in [-0.05, 0) is 11.8 Å². The molecule has 4 heteroatoms. The average molecular weight is 204 g/mol. The van der Waals surface area contributed by atoms with E-state index < -0.39 is 0 Å². The molecule has 0 bridgehead atoms. The van der Waals surface area contributed by atoms with Crippen LogP contribution in [0.2, 0.25) is 0 Å². The van der Waals surface area contributed by atoms with E-state index in [0.717, 1.165) is 12.4 Å². The van der Waals surface area contributed by atoms with Gasteiger partial charge < -0.3 is 5.32 Å². The third kappa shape index (κ3) is 3.55. The molecule has 0 aliphatic heterocycles. The molecule has 0 aliphatic rings. The Morgan fingerprint density at radius 2 is 2.07 bits per heavy atom. The summed E-state index contributed by atoms with van der Waals surface area (Å²) in [6.45, 7) is 7.45. The molecule has 0 radical (unpaired) electrons. The van der Waals surface area contributed by atoms with E-state index in [2.05, 4.69) is 36.1 Å². The van der Waals surface area contributed by atoms with Gasteiger partial charge in [-0.3, -0.25) is 0 Å². The molecule has 0 saturated heterocycles. The van der Waals surface area contributed by atoms with E-state index in [9.17, 15) is 0 Å². The predicted molar refractivity (Wildman–Crippen MR) is 59.2 cm³/mol. The van der Waals surface area contributed by atoms with Crippen molar-refractivity contribution >= 4 is 5.82 Å². The van der Waals surface area contributed by atoms with E-state index in [-0.39, 0.29) is 0 Å². The molecule has 0 aromatic carbocycles. The zero-order valence-corrected chi connectivity index (χ0v) is 9.36. The zero-order chi connectivity index (χ0) is 11.3. The number of aromatic nitrogens is 2. The maximum Gasteiger partial charge on any atom is 0.158 e. The van der Waals surface area contributed by atoms with Gasteiger partial charge in [0.25, 0.3) is 0 Å². The molecule has 1 heterocycles. The topological polar surface area (TPSA) is 61.6 Å². The Morgan fingerprint density at radius 1 is 1.33 bits per heavy atom. The van der Waals surface area contributed by atoms with Crippen LogP contribution in [0.5, 0.6) is 0 Å². The van der Waals surface area contributed by atoms with Gasteiger partial charge >= 0.3 is 0 Å². The first kappa shape index (κ1) is 11.4. The van der Waals surface area contributed by atoms with Crippen LogP contribution in [0.4, 0.5) is 5.82 Å². The van der Waals surface area contributed by atoms with Crippen LogP contribution in [-0.4, -0.2) is 16.5 Å². The Hall–Kier alpha value is -1.63. The number of rotatable bonds is 4. The summed E-state index contributed by atoms with van der Waals surface area (Å²) in [6.07, 6.45) is 3.06. The first-order chi connectivity index (χ1) is 7.13. The second kappa shape index (κ2) is 5.30. The minimum Gasteiger partial charge on any atom is -0.369 e. The van der Waals surface area contributed by atoms with E-state index in [1.807, 2.05) is 6.07 Å². The second-order valence-corrected chi connectivity index (χ2v) is 4.00. The molecule has 1 N–H and O–H groups in total. The molecule has 0 amide bonds. The SMILES string of the molecule is CC(C)C(C)CNc1cnc(C#N)cn1. The lowest BCUT2D eigenvalue weighted by Crippen LogP contribution is -2.16. The monoisotopic (exact) mass is 204 g/mol. The van der Waals surface area contributed by atoms with Crippen molar-refractivity contribution in [3.63, 3.8) is 0 Å². The first-order valence-corrected chi connectivity index (χ1v) is 5.09. The van der Waals surface area contributed by atoms with Gasteiger partial charge in [-0.25, -0.2) is 9.97 Å². The number of hydrogen-bond donors (Lipinski definition) is 1. The van der Waals surface area contributed by atoms with Gasteiger partial charge in [0.1, 0.15) is 11.9 Å². The van der Waals surface area contributed by atoms with Crippen LogP contribution in [0.25, 0.3) is 0 Å². The van der Waals surface area contributed by atoms with Crippen LogP contribution >= 0.6 is 0 Å². The third-order valence-electron chi connectivity index (χ3n) is 2.51. The first-order valence-electron chi connectivity index (χ1n) is 5.09. The van der Waals surface area contributed by atoms with Crippen molar-refractivity contribution in [3.8, 4) is 6.07 Å². The van der Waals surface area contributed by atoms with E-state index >= 15 is 0 Å². The van der Waals surface area contributed by atoms with Crippen LogP contribution in [0.15, 0.2) is 12.4 Å². The Kier molecular flexibility index (Phi) is 4.04. The van der Waals surface area contributed by atoms with Crippen LogP contribution < -0.4 is 5.32 Å². The van der Waals surface area contributed by atoms with Crippen molar-refractivity contribution in [3.05, 3.63) is 18.1 Å². The number of hydrogen-bond acceptors (Lipinski definition) is 4. The average Bonchev–Trinajstić information content (AvgIpc) is 2.26. The highest BCUT2D eigenvalue weighted by molar-refractivity contribution is 5.32. The summed E-state index contributed by atoms with van der Waals surface area (Å²) < 4.78 is 0. The van der Waals surface area contributed by atoms with Gasteiger partial charge in [-0.1, -0.05) is 20.8 Å². The van der Waals surface area contributed by atoms with E-state index in [1.54, 1.807) is 6.20 Å². The molecule has 1 aromatic heterocycles. The van der Waals surface area contributed by atoms with Crippen LogP contribution in [0.1, 0.15) is 26.5 Å². The maximum atomic E-state index is 8.55. The normalized spacial score (nSPS) is 12.2. The lowest BCUT2D eigenvalue weighted by Gasteiger charge is -2.16. The Morgan fingerprint density at radius 3 is 2.53 bits per heavy atom. The largest absolute Gasteiger partial charge is 0.369 e. The van der Waals surface area contributed by atoms with Gasteiger partial charge in [-0.15, -0.1) is 0 Å². The van der Waals surface area contributed by atoms with Gasteiger partial charge in [0.15, 0.2) is 5.69 Å². The highest BCUT2D eigenvalue weighted by atomic mass is 15.0. The fraction of sp³-hybridized carbons (Fsp3) is 0.545. The fourth-order valence-electron chi connectivity index (χ4n) is 0.978. The van der Waals surface area contributed by atoms with Crippen molar-refractivity contribution in [2.45, 2.75) is 20.8 Å². The summed E-state index contributed by atoms with van der Waals surface area (Å²) in [7, 11) is 0. The van der Waals surface area contributed by atoms with Crippen LogP contribution in [-0.2, 0) is 0 Å². The molecule has 0 aliphatic carbocycles. The molecular formula is C11H16N4. The maximum absolute atomic E-state index is 8.55. The molecule has 0 fully saturated rings. The lowest BCUT2D eigenvalue weighted by molar-refractivity contribution is 0.439.